The number of carbonyl (C=O) groups excluding carboxylic acids is 1. The van der Waals surface area contributed by atoms with Crippen LogP contribution in [-0.2, 0) is 0 Å². The third-order valence-electron chi connectivity index (χ3n) is 4.27. The van der Waals surface area contributed by atoms with Crippen LogP contribution in [0.5, 0.6) is 11.5 Å². The summed E-state index contributed by atoms with van der Waals surface area (Å²) in [4.78, 5) is 17.9. The van der Waals surface area contributed by atoms with Gasteiger partial charge in [0.25, 0.3) is 5.91 Å². The van der Waals surface area contributed by atoms with Gasteiger partial charge in [-0.25, -0.2) is 4.98 Å². The Bertz CT molecular complexity index is 953. The first-order valence-electron chi connectivity index (χ1n) is 8.35. The minimum absolute atomic E-state index is 0.118. The summed E-state index contributed by atoms with van der Waals surface area (Å²) >= 11 is 1.41. The molecule has 1 aliphatic rings. The molecule has 1 amide bonds. The zero-order chi connectivity index (χ0) is 18.1. The summed E-state index contributed by atoms with van der Waals surface area (Å²) in [6.45, 7) is 4.05. The van der Waals surface area contributed by atoms with Gasteiger partial charge in [-0.15, -0.1) is 11.3 Å². The molecule has 6 heteroatoms. The van der Waals surface area contributed by atoms with Crippen molar-refractivity contribution in [3.8, 4) is 22.1 Å². The Hall–Kier alpha value is -2.86. The van der Waals surface area contributed by atoms with Gasteiger partial charge in [-0.1, -0.05) is 36.4 Å². The Morgan fingerprint density at radius 1 is 1.15 bits per heavy atom. The molecule has 0 saturated carbocycles. The van der Waals surface area contributed by atoms with Crippen LogP contribution in [0.15, 0.2) is 48.5 Å². The molecule has 2 heterocycles. The van der Waals surface area contributed by atoms with E-state index < -0.39 is 0 Å². The highest BCUT2D eigenvalue weighted by atomic mass is 32.1. The zero-order valence-electron chi connectivity index (χ0n) is 14.5. The molecule has 3 aromatic rings. The number of amides is 1. The highest BCUT2D eigenvalue weighted by molar-refractivity contribution is 7.17. The fourth-order valence-electron chi connectivity index (χ4n) is 2.84. The van der Waals surface area contributed by atoms with Crippen LogP contribution in [0.4, 0.5) is 0 Å². The summed E-state index contributed by atoms with van der Waals surface area (Å²) in [5.41, 5.74) is 2.72. The number of fused-ring (bicyclic) bond motifs is 1. The Morgan fingerprint density at radius 3 is 2.73 bits per heavy atom. The first-order valence-corrected chi connectivity index (χ1v) is 9.17. The largest absolute Gasteiger partial charge is 0.454 e. The number of nitrogens with zero attached hydrogens (tertiary/aromatic N) is 1. The van der Waals surface area contributed by atoms with Gasteiger partial charge < -0.3 is 14.8 Å². The number of benzene rings is 2. The summed E-state index contributed by atoms with van der Waals surface area (Å²) in [7, 11) is 0. The van der Waals surface area contributed by atoms with E-state index in [-0.39, 0.29) is 18.7 Å². The van der Waals surface area contributed by atoms with Crippen LogP contribution in [0.1, 0.15) is 33.9 Å². The summed E-state index contributed by atoms with van der Waals surface area (Å²) < 4.78 is 10.7. The second kappa shape index (κ2) is 6.80. The highest BCUT2D eigenvalue weighted by Gasteiger charge is 2.20. The third-order valence-corrected chi connectivity index (χ3v) is 5.47. The van der Waals surface area contributed by atoms with E-state index in [0.29, 0.717) is 10.6 Å². The Balaban J connectivity index is 1.52. The zero-order valence-corrected chi connectivity index (χ0v) is 15.3. The minimum Gasteiger partial charge on any atom is -0.454 e. The summed E-state index contributed by atoms with van der Waals surface area (Å²) in [6.07, 6.45) is 0. The summed E-state index contributed by atoms with van der Waals surface area (Å²) in [5, 5.41) is 3.90. The number of ether oxygens (including phenoxy) is 2. The van der Waals surface area contributed by atoms with Gasteiger partial charge >= 0.3 is 0 Å². The molecule has 26 heavy (non-hydrogen) atoms. The molecular weight excluding hydrogens is 348 g/mol. The van der Waals surface area contributed by atoms with Gasteiger partial charge in [0.15, 0.2) is 11.5 Å². The van der Waals surface area contributed by atoms with Crippen molar-refractivity contribution < 1.29 is 14.3 Å². The lowest BCUT2D eigenvalue weighted by Crippen LogP contribution is -2.26. The monoisotopic (exact) mass is 366 g/mol. The Kier molecular flexibility index (Phi) is 4.34. The van der Waals surface area contributed by atoms with Crippen molar-refractivity contribution in [3.05, 3.63) is 64.7 Å². The fraction of sp³-hybridized carbons (Fsp3) is 0.200. The predicted octanol–water partition coefficient (Wildman–Crippen LogP) is 4.34. The molecule has 1 aliphatic heterocycles. The first kappa shape index (κ1) is 16.6. The van der Waals surface area contributed by atoms with Gasteiger partial charge in [0.05, 0.1) is 11.7 Å². The normalized spacial score (nSPS) is 13.5. The van der Waals surface area contributed by atoms with E-state index in [0.717, 1.165) is 27.6 Å². The summed E-state index contributed by atoms with van der Waals surface area (Å²) in [6, 6.07) is 15.4. The molecule has 0 bridgehead atoms. The molecule has 0 radical (unpaired) electrons. The van der Waals surface area contributed by atoms with Gasteiger partial charge in [0.2, 0.25) is 6.79 Å². The maximum Gasteiger partial charge on any atom is 0.263 e. The summed E-state index contributed by atoms with van der Waals surface area (Å²) in [5.74, 6) is 1.33. The maximum absolute atomic E-state index is 12.7. The number of aryl methyl sites for hydroxylation is 1. The van der Waals surface area contributed by atoms with Crippen LogP contribution in [0.3, 0.4) is 0 Å². The second-order valence-corrected chi connectivity index (χ2v) is 7.11. The number of thiazole rings is 1. The minimum atomic E-state index is -0.154. The van der Waals surface area contributed by atoms with Crippen molar-refractivity contribution in [2.45, 2.75) is 19.9 Å². The molecule has 0 fully saturated rings. The number of hydrogen-bond donors (Lipinski definition) is 1. The van der Waals surface area contributed by atoms with Gasteiger partial charge in [-0.3, -0.25) is 4.79 Å². The van der Waals surface area contributed by atoms with Crippen LogP contribution in [0, 0.1) is 6.92 Å². The molecule has 1 atom stereocenters. The van der Waals surface area contributed by atoms with Crippen molar-refractivity contribution in [3.63, 3.8) is 0 Å². The molecular formula is C20H18N2O3S. The quantitative estimate of drug-likeness (QED) is 0.746. The molecule has 1 unspecified atom stereocenters. The van der Waals surface area contributed by atoms with Gasteiger partial charge in [0, 0.05) is 5.56 Å². The molecule has 5 nitrogen and oxygen atoms in total. The van der Waals surface area contributed by atoms with E-state index in [1.165, 1.54) is 11.3 Å². The van der Waals surface area contributed by atoms with Crippen LogP contribution in [-0.4, -0.2) is 17.7 Å². The molecule has 0 aliphatic carbocycles. The number of aromatic nitrogens is 1. The van der Waals surface area contributed by atoms with E-state index in [9.17, 15) is 4.79 Å². The molecule has 4 rings (SSSR count). The van der Waals surface area contributed by atoms with Crippen LogP contribution >= 0.6 is 11.3 Å². The van der Waals surface area contributed by atoms with E-state index in [2.05, 4.69) is 10.3 Å². The fourth-order valence-corrected chi connectivity index (χ4v) is 3.81. The Morgan fingerprint density at radius 2 is 1.92 bits per heavy atom. The lowest BCUT2D eigenvalue weighted by atomic mass is 10.1. The standard InChI is InChI=1S/C20H18N2O3S/c1-12(15-8-9-16-17(10-15)25-11-24-16)21-19(23)18-13(2)22-20(26-18)14-6-4-3-5-7-14/h3-10,12H,11H2,1-2H3,(H,21,23). The lowest BCUT2D eigenvalue weighted by molar-refractivity contribution is 0.0943. The van der Waals surface area contributed by atoms with Crippen LogP contribution < -0.4 is 14.8 Å². The SMILES string of the molecule is Cc1nc(-c2ccccc2)sc1C(=O)NC(C)c1ccc2c(c1)OCO2. The van der Waals surface area contributed by atoms with Crippen LogP contribution in [0.2, 0.25) is 0 Å². The van der Waals surface area contributed by atoms with E-state index in [1.807, 2.05) is 62.4 Å². The van der Waals surface area contributed by atoms with E-state index in [1.54, 1.807) is 0 Å². The third kappa shape index (κ3) is 3.15. The number of hydrogen-bond acceptors (Lipinski definition) is 5. The predicted molar refractivity (Wildman–Crippen MR) is 101 cm³/mol. The van der Waals surface area contributed by atoms with E-state index >= 15 is 0 Å². The molecule has 2 aromatic carbocycles. The molecule has 0 saturated heterocycles. The smallest absolute Gasteiger partial charge is 0.263 e. The van der Waals surface area contributed by atoms with Crippen molar-refractivity contribution in [1.29, 1.82) is 0 Å². The van der Waals surface area contributed by atoms with Gasteiger partial charge in [-0.05, 0) is 31.5 Å². The van der Waals surface area contributed by atoms with Crippen molar-refractivity contribution >= 4 is 17.2 Å². The number of rotatable bonds is 4. The number of carbonyl (C=O) groups is 1. The van der Waals surface area contributed by atoms with Crippen LogP contribution in [0.25, 0.3) is 10.6 Å². The topological polar surface area (TPSA) is 60.5 Å². The highest BCUT2D eigenvalue weighted by Crippen LogP contribution is 2.34. The average Bonchev–Trinajstić information content (AvgIpc) is 3.28. The molecule has 0 spiro atoms. The van der Waals surface area contributed by atoms with Gasteiger partial charge in [0.1, 0.15) is 9.88 Å². The van der Waals surface area contributed by atoms with Crippen molar-refractivity contribution in [2.75, 3.05) is 6.79 Å². The number of nitrogens with one attached hydrogen (secondary N) is 1. The van der Waals surface area contributed by atoms with E-state index in [4.69, 9.17) is 9.47 Å². The second-order valence-electron chi connectivity index (χ2n) is 6.11. The molecule has 132 valence electrons. The Labute approximate surface area is 155 Å². The van der Waals surface area contributed by atoms with Crippen molar-refractivity contribution in [2.24, 2.45) is 0 Å². The van der Waals surface area contributed by atoms with Gasteiger partial charge in [-0.2, -0.15) is 0 Å². The lowest BCUT2D eigenvalue weighted by Gasteiger charge is -2.14. The maximum atomic E-state index is 12.7. The first-order chi connectivity index (χ1) is 12.6. The molecule has 1 aromatic heterocycles. The van der Waals surface area contributed by atoms with Crippen molar-refractivity contribution in [1.82, 2.24) is 10.3 Å². The average molecular weight is 366 g/mol. The molecule has 1 N–H and O–H groups in total.